The predicted octanol–water partition coefficient (Wildman–Crippen LogP) is 3.80. The van der Waals surface area contributed by atoms with Gasteiger partial charge in [0.05, 0.1) is 19.5 Å². The van der Waals surface area contributed by atoms with Crippen molar-refractivity contribution in [2.75, 3.05) is 21.3 Å². The van der Waals surface area contributed by atoms with E-state index in [2.05, 4.69) is 20.2 Å². The van der Waals surface area contributed by atoms with Gasteiger partial charge >= 0.3 is 0 Å². The molecule has 0 spiro atoms. The molecule has 10 nitrogen and oxygen atoms in total. The maximum absolute atomic E-state index is 13.7. The molecule has 0 aliphatic rings. The Hall–Kier alpha value is -3.90. The first-order valence-electron chi connectivity index (χ1n) is 12.1. The van der Waals surface area contributed by atoms with E-state index in [-0.39, 0.29) is 23.9 Å². The molecule has 0 aliphatic carbocycles. The Balaban J connectivity index is 1.79. The zero-order valence-electron chi connectivity index (χ0n) is 22.3. The van der Waals surface area contributed by atoms with Gasteiger partial charge in [-0.2, -0.15) is 0 Å². The molecule has 0 amide bonds. The van der Waals surface area contributed by atoms with Gasteiger partial charge in [0.15, 0.2) is 21.5 Å². The number of ether oxygens (including phenoxy) is 3. The molecular formula is C27H30FN5O5S. The van der Waals surface area contributed by atoms with Crippen molar-refractivity contribution in [3.05, 3.63) is 89.3 Å². The minimum atomic E-state index is -3.88. The number of aromatic nitrogens is 5. The molecule has 0 unspecified atom stereocenters. The minimum absolute atomic E-state index is 0.154. The molecule has 12 heteroatoms. The predicted molar refractivity (Wildman–Crippen MR) is 142 cm³/mol. The normalized spacial score (nSPS) is 13.2. The van der Waals surface area contributed by atoms with Gasteiger partial charge in [0.2, 0.25) is 0 Å². The summed E-state index contributed by atoms with van der Waals surface area (Å²) in [6.07, 6.45) is 2.58. The first kappa shape index (κ1) is 28.1. The van der Waals surface area contributed by atoms with Crippen LogP contribution in [0.5, 0.6) is 11.5 Å². The summed E-state index contributed by atoms with van der Waals surface area (Å²) in [6, 6.07) is 11.2. The lowest BCUT2D eigenvalue weighted by molar-refractivity contribution is 0.0947. The van der Waals surface area contributed by atoms with Gasteiger partial charge in [0.1, 0.15) is 40.7 Å². The van der Waals surface area contributed by atoms with Gasteiger partial charge < -0.3 is 14.2 Å². The van der Waals surface area contributed by atoms with E-state index in [9.17, 15) is 12.8 Å². The molecule has 2 atom stereocenters. The van der Waals surface area contributed by atoms with Gasteiger partial charge in [0.25, 0.3) is 0 Å². The third-order valence-electron chi connectivity index (χ3n) is 6.33. The summed E-state index contributed by atoms with van der Waals surface area (Å²) < 4.78 is 59.3. The van der Waals surface area contributed by atoms with Crippen LogP contribution in [0.3, 0.4) is 0 Å². The molecule has 0 saturated carbocycles. The number of halogens is 1. The second kappa shape index (κ2) is 11.9. The minimum Gasteiger partial charge on any atom is -0.494 e. The Bertz CT molecular complexity index is 1500. The number of para-hydroxylation sites is 1. The van der Waals surface area contributed by atoms with Crippen LogP contribution in [0.1, 0.15) is 41.6 Å². The van der Waals surface area contributed by atoms with Crippen LogP contribution >= 0.6 is 0 Å². The largest absolute Gasteiger partial charge is 0.494 e. The lowest BCUT2D eigenvalue weighted by atomic mass is 10.1. The van der Waals surface area contributed by atoms with Crippen LogP contribution in [-0.2, 0) is 26.7 Å². The van der Waals surface area contributed by atoms with Crippen LogP contribution in [0.2, 0.25) is 0 Å². The first-order chi connectivity index (χ1) is 18.7. The smallest absolute Gasteiger partial charge is 0.163 e. The first-order valence-corrected chi connectivity index (χ1v) is 13.8. The molecular weight excluding hydrogens is 525 g/mol. The highest BCUT2D eigenvalue weighted by molar-refractivity contribution is 7.91. The van der Waals surface area contributed by atoms with Crippen molar-refractivity contribution in [2.24, 2.45) is 0 Å². The fraction of sp³-hybridized carbons (Fsp3) is 0.333. The third-order valence-corrected chi connectivity index (χ3v) is 8.37. The molecule has 2 aromatic carbocycles. The second-order valence-electron chi connectivity index (χ2n) is 8.97. The Morgan fingerprint density at radius 3 is 2.08 bits per heavy atom. The molecule has 39 heavy (non-hydrogen) atoms. The third kappa shape index (κ3) is 6.07. The number of benzene rings is 2. The quantitative estimate of drug-likeness (QED) is 0.272. The van der Waals surface area contributed by atoms with E-state index in [1.54, 1.807) is 54.2 Å². The Labute approximate surface area is 226 Å². The molecule has 4 aromatic rings. The van der Waals surface area contributed by atoms with Gasteiger partial charge in [-0.15, -0.1) is 10.2 Å². The number of hydrogen-bond acceptors (Lipinski definition) is 9. The second-order valence-corrected chi connectivity index (χ2v) is 11.3. The van der Waals surface area contributed by atoms with Crippen LogP contribution in [0.15, 0.2) is 54.9 Å². The van der Waals surface area contributed by atoms with E-state index in [4.69, 9.17) is 14.2 Å². The summed E-state index contributed by atoms with van der Waals surface area (Å²) in [4.78, 5) is 8.53. The lowest BCUT2D eigenvalue weighted by Gasteiger charge is -2.22. The summed E-state index contributed by atoms with van der Waals surface area (Å²) in [7, 11) is 0.553. The fourth-order valence-corrected chi connectivity index (χ4v) is 5.63. The van der Waals surface area contributed by atoms with Crippen LogP contribution in [0.4, 0.5) is 4.39 Å². The molecule has 0 radical (unpaired) electrons. The van der Waals surface area contributed by atoms with Crippen LogP contribution in [0.25, 0.3) is 5.69 Å². The zero-order valence-corrected chi connectivity index (χ0v) is 23.1. The van der Waals surface area contributed by atoms with E-state index in [0.717, 1.165) is 11.1 Å². The molecule has 0 fully saturated rings. The molecule has 4 rings (SSSR count). The summed E-state index contributed by atoms with van der Waals surface area (Å²) in [5.41, 5.74) is 2.06. The summed E-state index contributed by atoms with van der Waals surface area (Å²) >= 11 is 0. The van der Waals surface area contributed by atoms with Crippen molar-refractivity contribution in [3.63, 3.8) is 0 Å². The average Bonchev–Trinajstić information content (AvgIpc) is 3.31. The van der Waals surface area contributed by atoms with E-state index >= 15 is 0 Å². The maximum atomic E-state index is 13.7. The number of aryl methyl sites for hydroxylation is 1. The monoisotopic (exact) mass is 555 g/mol. The molecule has 206 valence electrons. The van der Waals surface area contributed by atoms with Crippen LogP contribution < -0.4 is 9.47 Å². The maximum Gasteiger partial charge on any atom is 0.163 e. The molecule has 0 bridgehead atoms. The summed E-state index contributed by atoms with van der Waals surface area (Å²) in [6.45, 7) is 3.39. The van der Waals surface area contributed by atoms with E-state index in [0.29, 0.717) is 23.0 Å². The van der Waals surface area contributed by atoms with Crippen molar-refractivity contribution in [1.29, 1.82) is 0 Å². The van der Waals surface area contributed by atoms with Gasteiger partial charge in [-0.3, -0.25) is 4.57 Å². The number of nitrogens with zero attached hydrogens (tertiary/aromatic N) is 5. The molecule has 0 aliphatic heterocycles. The van der Waals surface area contributed by atoms with Crippen LogP contribution in [-0.4, -0.2) is 59.7 Å². The molecule has 0 N–H and O–H groups in total. The van der Waals surface area contributed by atoms with Crippen molar-refractivity contribution in [1.82, 2.24) is 24.7 Å². The topological polar surface area (TPSA) is 118 Å². The number of rotatable bonds is 11. The molecule has 2 heterocycles. The van der Waals surface area contributed by atoms with Crippen molar-refractivity contribution < 1.29 is 27.0 Å². The van der Waals surface area contributed by atoms with E-state index in [1.807, 2.05) is 6.92 Å². The van der Waals surface area contributed by atoms with Gasteiger partial charge in [-0.05, 0) is 49.2 Å². The number of methoxy groups -OCH3 is 3. The number of sulfone groups is 1. The van der Waals surface area contributed by atoms with Gasteiger partial charge in [-0.25, -0.2) is 22.8 Å². The van der Waals surface area contributed by atoms with Crippen molar-refractivity contribution >= 4 is 9.84 Å². The molecule has 2 aromatic heterocycles. The average molecular weight is 556 g/mol. The number of hydrogen-bond donors (Lipinski definition) is 0. The Morgan fingerprint density at radius 1 is 0.923 bits per heavy atom. The van der Waals surface area contributed by atoms with Crippen molar-refractivity contribution in [2.45, 2.75) is 37.4 Å². The summed E-state index contributed by atoms with van der Waals surface area (Å²) in [5.74, 6) is 0.890. The standard InChI is InChI=1S/C27H30FN5O5S/c1-17-14-29-27(30-15-17)26(38-5)18(2)39(34,35)16-24-32-31-23(13-19-9-11-20(28)12-10-19)33(24)25-21(36-3)7-6-8-22(25)37-4/h6-12,14-15,18,26H,13,16H2,1-5H3/t18-,26-/m0/s1. The van der Waals surface area contributed by atoms with Gasteiger partial charge in [0, 0.05) is 25.9 Å². The van der Waals surface area contributed by atoms with E-state index < -0.39 is 26.9 Å². The summed E-state index contributed by atoms with van der Waals surface area (Å²) in [5, 5.41) is 7.59. The van der Waals surface area contributed by atoms with E-state index in [1.165, 1.54) is 33.5 Å². The highest BCUT2D eigenvalue weighted by Crippen LogP contribution is 2.35. The zero-order chi connectivity index (χ0) is 28.2. The highest BCUT2D eigenvalue weighted by Gasteiger charge is 2.35. The fourth-order valence-electron chi connectivity index (χ4n) is 4.21. The SMILES string of the molecule is COc1cccc(OC)c1-n1c(Cc2ccc(F)cc2)nnc1CS(=O)(=O)[C@@H](C)[C@H](OC)c1ncc(C)cn1. The van der Waals surface area contributed by atoms with Crippen LogP contribution in [0, 0.1) is 12.7 Å². The Kier molecular flexibility index (Phi) is 8.56. The van der Waals surface area contributed by atoms with Gasteiger partial charge in [-0.1, -0.05) is 18.2 Å². The Morgan fingerprint density at radius 2 is 1.51 bits per heavy atom. The van der Waals surface area contributed by atoms with Crippen molar-refractivity contribution in [3.8, 4) is 17.2 Å². The lowest BCUT2D eigenvalue weighted by Crippen LogP contribution is -2.30. The molecule has 0 saturated heterocycles. The highest BCUT2D eigenvalue weighted by atomic mass is 32.2.